The van der Waals surface area contributed by atoms with Crippen LogP contribution in [0.15, 0.2) is 12.1 Å². The zero-order valence-electron chi connectivity index (χ0n) is 10.9. The van der Waals surface area contributed by atoms with E-state index in [1.165, 1.54) is 12.1 Å². The Labute approximate surface area is 123 Å². The SMILES string of the molecule is CCCCCN(CCO)C(=O)c1cc(Cl)nc(Cl)c1. The van der Waals surface area contributed by atoms with E-state index >= 15 is 0 Å². The minimum atomic E-state index is -0.184. The quantitative estimate of drug-likeness (QED) is 0.622. The van der Waals surface area contributed by atoms with E-state index in [-0.39, 0.29) is 22.8 Å². The Balaban J connectivity index is 2.79. The molecule has 0 unspecified atom stereocenters. The van der Waals surface area contributed by atoms with Gasteiger partial charge in [0.2, 0.25) is 0 Å². The molecule has 0 aliphatic heterocycles. The van der Waals surface area contributed by atoms with Crippen molar-refractivity contribution >= 4 is 29.1 Å². The number of unbranched alkanes of at least 4 members (excludes halogenated alkanes) is 2. The van der Waals surface area contributed by atoms with Crippen molar-refractivity contribution in [2.45, 2.75) is 26.2 Å². The monoisotopic (exact) mass is 304 g/mol. The van der Waals surface area contributed by atoms with Crippen LogP contribution in [0.3, 0.4) is 0 Å². The first-order valence-corrected chi connectivity index (χ1v) is 7.07. The summed E-state index contributed by atoms with van der Waals surface area (Å²) >= 11 is 11.6. The number of carbonyl (C=O) groups is 1. The van der Waals surface area contributed by atoms with Gasteiger partial charge in [0.1, 0.15) is 10.3 Å². The van der Waals surface area contributed by atoms with E-state index in [9.17, 15) is 4.79 Å². The Bertz CT molecular complexity index is 407. The first kappa shape index (κ1) is 16.2. The molecule has 0 spiro atoms. The Morgan fingerprint density at radius 2 is 1.89 bits per heavy atom. The molecule has 19 heavy (non-hydrogen) atoms. The first-order valence-electron chi connectivity index (χ1n) is 6.31. The van der Waals surface area contributed by atoms with Gasteiger partial charge in [-0.1, -0.05) is 43.0 Å². The van der Waals surface area contributed by atoms with Gasteiger partial charge >= 0.3 is 0 Å². The van der Waals surface area contributed by atoms with Gasteiger partial charge in [0.15, 0.2) is 0 Å². The summed E-state index contributed by atoms with van der Waals surface area (Å²) in [6.45, 7) is 2.95. The van der Waals surface area contributed by atoms with Crippen molar-refractivity contribution in [1.29, 1.82) is 0 Å². The Morgan fingerprint density at radius 3 is 2.42 bits per heavy atom. The maximum absolute atomic E-state index is 12.3. The molecule has 0 saturated heterocycles. The smallest absolute Gasteiger partial charge is 0.254 e. The number of hydrogen-bond acceptors (Lipinski definition) is 3. The van der Waals surface area contributed by atoms with Crippen molar-refractivity contribution < 1.29 is 9.90 Å². The third-order valence-electron chi connectivity index (χ3n) is 2.70. The lowest BCUT2D eigenvalue weighted by Gasteiger charge is -2.21. The molecule has 6 heteroatoms. The van der Waals surface area contributed by atoms with E-state index in [4.69, 9.17) is 28.3 Å². The van der Waals surface area contributed by atoms with Gasteiger partial charge in [0.25, 0.3) is 5.91 Å². The van der Waals surface area contributed by atoms with Crippen LogP contribution in [0.2, 0.25) is 10.3 Å². The van der Waals surface area contributed by atoms with E-state index in [0.717, 1.165) is 19.3 Å². The molecule has 4 nitrogen and oxygen atoms in total. The minimum absolute atomic E-state index is 0.0651. The highest BCUT2D eigenvalue weighted by Gasteiger charge is 2.16. The van der Waals surface area contributed by atoms with Crippen LogP contribution >= 0.6 is 23.2 Å². The average Bonchev–Trinajstić information content (AvgIpc) is 2.36. The van der Waals surface area contributed by atoms with Gasteiger partial charge in [-0.3, -0.25) is 4.79 Å². The summed E-state index contributed by atoms with van der Waals surface area (Å²) in [6.07, 6.45) is 3.04. The molecule has 0 aliphatic carbocycles. The molecule has 1 aromatic heterocycles. The summed E-state index contributed by atoms with van der Waals surface area (Å²) in [6, 6.07) is 2.97. The molecule has 0 saturated carbocycles. The highest BCUT2D eigenvalue weighted by molar-refractivity contribution is 6.33. The largest absolute Gasteiger partial charge is 0.395 e. The van der Waals surface area contributed by atoms with Crippen LogP contribution in [0, 0.1) is 0 Å². The zero-order chi connectivity index (χ0) is 14.3. The van der Waals surface area contributed by atoms with Gasteiger partial charge in [-0.2, -0.15) is 0 Å². The Kier molecular flexibility index (Phi) is 7.13. The number of rotatable bonds is 7. The molecule has 0 aromatic carbocycles. The number of halogens is 2. The Hall–Kier alpha value is -0.840. The second kappa shape index (κ2) is 8.35. The van der Waals surface area contributed by atoms with Gasteiger partial charge in [-0.05, 0) is 18.6 Å². The number of amides is 1. The van der Waals surface area contributed by atoms with Gasteiger partial charge in [-0.25, -0.2) is 4.98 Å². The molecule has 1 amide bonds. The summed E-state index contributed by atoms with van der Waals surface area (Å²) in [5.74, 6) is -0.184. The summed E-state index contributed by atoms with van der Waals surface area (Å²) in [5.41, 5.74) is 0.398. The van der Waals surface area contributed by atoms with Crippen molar-refractivity contribution in [2.24, 2.45) is 0 Å². The highest BCUT2D eigenvalue weighted by Crippen LogP contribution is 2.16. The molecule has 0 bridgehead atoms. The van der Waals surface area contributed by atoms with Crippen LogP contribution < -0.4 is 0 Å². The van der Waals surface area contributed by atoms with Gasteiger partial charge in [0.05, 0.1) is 6.61 Å². The lowest BCUT2D eigenvalue weighted by atomic mass is 10.2. The standard InChI is InChI=1S/C13H18Cl2N2O2/c1-2-3-4-5-17(6-7-18)13(19)10-8-11(14)16-12(15)9-10/h8-9,18H,2-7H2,1H3. The van der Waals surface area contributed by atoms with E-state index in [1.807, 2.05) is 0 Å². The predicted molar refractivity (Wildman–Crippen MR) is 76.8 cm³/mol. The molecule has 0 fully saturated rings. The molecular formula is C13H18Cl2N2O2. The molecule has 1 N–H and O–H groups in total. The molecule has 0 radical (unpaired) electrons. The topological polar surface area (TPSA) is 53.4 Å². The van der Waals surface area contributed by atoms with Crippen molar-refractivity contribution in [3.05, 3.63) is 28.0 Å². The van der Waals surface area contributed by atoms with Crippen LogP contribution in [0.5, 0.6) is 0 Å². The van der Waals surface area contributed by atoms with E-state index in [0.29, 0.717) is 18.7 Å². The van der Waals surface area contributed by atoms with Crippen LogP contribution in [-0.4, -0.2) is 40.6 Å². The maximum Gasteiger partial charge on any atom is 0.254 e. The van der Waals surface area contributed by atoms with Gasteiger partial charge < -0.3 is 10.0 Å². The third-order valence-corrected chi connectivity index (χ3v) is 3.09. The summed E-state index contributed by atoms with van der Waals surface area (Å²) in [4.78, 5) is 17.7. The molecule has 1 aromatic rings. The second-order valence-corrected chi connectivity index (χ2v) is 5.00. The summed E-state index contributed by atoms with van der Waals surface area (Å²) < 4.78 is 0. The maximum atomic E-state index is 12.3. The molecule has 106 valence electrons. The highest BCUT2D eigenvalue weighted by atomic mass is 35.5. The fourth-order valence-electron chi connectivity index (χ4n) is 1.76. The first-order chi connectivity index (χ1) is 9.08. The number of pyridine rings is 1. The van der Waals surface area contributed by atoms with Crippen molar-refractivity contribution in [1.82, 2.24) is 9.88 Å². The van der Waals surface area contributed by atoms with Gasteiger partial charge in [0, 0.05) is 18.7 Å². The lowest BCUT2D eigenvalue weighted by Crippen LogP contribution is -2.34. The molecule has 1 heterocycles. The van der Waals surface area contributed by atoms with Crippen molar-refractivity contribution in [3.8, 4) is 0 Å². The lowest BCUT2D eigenvalue weighted by molar-refractivity contribution is 0.0718. The van der Waals surface area contributed by atoms with Crippen LogP contribution in [-0.2, 0) is 0 Å². The van der Waals surface area contributed by atoms with Gasteiger partial charge in [-0.15, -0.1) is 0 Å². The number of aliphatic hydroxyl groups is 1. The second-order valence-electron chi connectivity index (χ2n) is 4.22. The molecule has 1 rings (SSSR count). The van der Waals surface area contributed by atoms with E-state index in [2.05, 4.69) is 11.9 Å². The van der Waals surface area contributed by atoms with Crippen LogP contribution in [0.25, 0.3) is 0 Å². The fourth-order valence-corrected chi connectivity index (χ4v) is 2.22. The summed E-state index contributed by atoms with van der Waals surface area (Å²) in [5, 5.41) is 9.42. The van der Waals surface area contributed by atoms with Crippen molar-refractivity contribution in [2.75, 3.05) is 19.7 Å². The van der Waals surface area contributed by atoms with E-state index < -0.39 is 0 Å². The number of aliphatic hydroxyl groups excluding tert-OH is 1. The van der Waals surface area contributed by atoms with Crippen LogP contribution in [0.4, 0.5) is 0 Å². The number of carbonyl (C=O) groups excluding carboxylic acids is 1. The third kappa shape index (κ3) is 5.35. The Morgan fingerprint density at radius 1 is 1.26 bits per heavy atom. The zero-order valence-corrected chi connectivity index (χ0v) is 12.4. The molecule has 0 aliphatic rings. The molecule has 0 atom stereocenters. The fraction of sp³-hybridized carbons (Fsp3) is 0.538. The van der Waals surface area contributed by atoms with E-state index in [1.54, 1.807) is 4.90 Å². The van der Waals surface area contributed by atoms with Crippen LogP contribution in [0.1, 0.15) is 36.5 Å². The normalized spacial score (nSPS) is 10.5. The molecular weight excluding hydrogens is 287 g/mol. The number of aromatic nitrogens is 1. The summed E-state index contributed by atoms with van der Waals surface area (Å²) in [7, 11) is 0. The van der Waals surface area contributed by atoms with Crippen molar-refractivity contribution in [3.63, 3.8) is 0 Å². The minimum Gasteiger partial charge on any atom is -0.395 e. The number of hydrogen-bond donors (Lipinski definition) is 1. The predicted octanol–water partition coefficient (Wildman–Crippen LogP) is 3.01. The number of nitrogens with zero attached hydrogens (tertiary/aromatic N) is 2. The average molecular weight is 305 g/mol.